The minimum Gasteiger partial charge on any atom is -0.505 e. The number of phenolic OH excluding ortho intramolecular Hbond substituents is 1. The van der Waals surface area contributed by atoms with Gasteiger partial charge in [-0.3, -0.25) is 4.79 Å². The van der Waals surface area contributed by atoms with Crippen LogP contribution in [0.15, 0.2) is 29.6 Å². The van der Waals surface area contributed by atoms with Gasteiger partial charge in [-0.2, -0.15) is 0 Å². The molecule has 0 saturated heterocycles. The number of hydrogen-bond acceptors (Lipinski definition) is 11. The molecule has 0 amide bonds. The molecular formula is C40H41ClO12. The van der Waals surface area contributed by atoms with E-state index in [0.717, 1.165) is 12.2 Å². The molecule has 3 N–H and O–H groups in total. The van der Waals surface area contributed by atoms with Gasteiger partial charge in [-0.25, -0.2) is 19.2 Å². The average Bonchev–Trinajstić information content (AvgIpc) is 3.08. The third kappa shape index (κ3) is 6.80. The van der Waals surface area contributed by atoms with Crippen molar-refractivity contribution in [3.63, 3.8) is 0 Å². The summed E-state index contributed by atoms with van der Waals surface area (Å²) >= 11 is 6.45. The number of carbonyl (C=O) groups is 5. The molecule has 4 rings (SSSR count). The van der Waals surface area contributed by atoms with E-state index >= 15 is 0 Å². The second kappa shape index (κ2) is 14.9. The highest BCUT2D eigenvalue weighted by Gasteiger charge is 2.48. The zero-order valence-electron chi connectivity index (χ0n) is 31.3. The summed E-state index contributed by atoms with van der Waals surface area (Å²) in [6.45, 7) is 16.1. The molecule has 1 aliphatic rings. The maximum atomic E-state index is 13.7. The van der Waals surface area contributed by atoms with E-state index in [1.807, 2.05) is 6.92 Å². The lowest BCUT2D eigenvalue weighted by Gasteiger charge is -2.30. The predicted octanol–water partition coefficient (Wildman–Crippen LogP) is 6.91. The number of ether oxygens (including phenoxy) is 4. The van der Waals surface area contributed by atoms with Crippen LogP contribution in [0.3, 0.4) is 0 Å². The lowest BCUT2D eigenvalue weighted by molar-refractivity contribution is -0.151. The van der Waals surface area contributed by atoms with Gasteiger partial charge in [0.2, 0.25) is 5.60 Å². The fourth-order valence-corrected chi connectivity index (χ4v) is 6.82. The summed E-state index contributed by atoms with van der Waals surface area (Å²) in [7, 11) is 1.17. The molecule has 0 bridgehead atoms. The molecule has 13 heteroatoms. The highest BCUT2D eigenvalue weighted by molar-refractivity contribution is 6.34. The number of ketones is 1. The monoisotopic (exact) mass is 748 g/mol. The first kappa shape index (κ1) is 40.3. The third-order valence-corrected chi connectivity index (χ3v) is 10.3. The van der Waals surface area contributed by atoms with Gasteiger partial charge in [-0.15, -0.1) is 0 Å². The number of carbonyl (C=O) groups excluding carboxylic acids is 4. The summed E-state index contributed by atoms with van der Waals surface area (Å²) < 4.78 is 22.3. The molecule has 12 nitrogen and oxygen atoms in total. The van der Waals surface area contributed by atoms with Crippen molar-refractivity contribution in [3.05, 3.63) is 101 Å². The average molecular weight is 749 g/mol. The van der Waals surface area contributed by atoms with E-state index in [9.17, 15) is 39.3 Å². The Morgan fingerprint density at radius 1 is 0.736 bits per heavy atom. The second-order valence-electron chi connectivity index (χ2n) is 13.0. The standard InChI is InChI=1S/C40H41ClO12/c1-12-26-24(10)30(36(44)45)20(6)22(8)34(26)52-37(46)29-16(2)13-27(18(4)19(29)5)51-38(47)31-21(7)23(9)35(32(41)33(31)43)53-39(48)40(49)17(3)14-25(42)15-28(40)50-11/h13-15,43,49H,12H2,1-11H3,(H,44,45)/t40-/m1/s1. The van der Waals surface area contributed by atoms with Crippen LogP contribution in [-0.2, 0) is 20.7 Å². The molecule has 53 heavy (non-hydrogen) atoms. The third-order valence-electron chi connectivity index (χ3n) is 9.99. The molecule has 1 aliphatic carbocycles. The van der Waals surface area contributed by atoms with Gasteiger partial charge in [0.05, 0.1) is 18.2 Å². The highest BCUT2D eigenvalue weighted by atomic mass is 35.5. The Balaban J connectivity index is 1.67. The maximum absolute atomic E-state index is 13.7. The highest BCUT2D eigenvalue weighted by Crippen LogP contribution is 2.44. The van der Waals surface area contributed by atoms with Gasteiger partial charge in [0, 0.05) is 6.08 Å². The molecular weight excluding hydrogens is 708 g/mol. The van der Waals surface area contributed by atoms with Gasteiger partial charge < -0.3 is 34.3 Å². The van der Waals surface area contributed by atoms with E-state index in [2.05, 4.69) is 0 Å². The number of aryl methyl sites for hydroxylation is 1. The van der Waals surface area contributed by atoms with Gasteiger partial charge in [0.1, 0.15) is 27.8 Å². The van der Waals surface area contributed by atoms with E-state index < -0.39 is 46.0 Å². The van der Waals surface area contributed by atoms with E-state index in [0.29, 0.717) is 51.1 Å². The van der Waals surface area contributed by atoms with Gasteiger partial charge in [0.15, 0.2) is 17.3 Å². The van der Waals surface area contributed by atoms with E-state index in [-0.39, 0.29) is 50.6 Å². The number of phenols is 1. The first-order chi connectivity index (χ1) is 24.6. The molecule has 0 unspecified atom stereocenters. The minimum absolute atomic E-state index is 0.0672. The number of esters is 3. The quantitative estimate of drug-likeness (QED) is 0.152. The predicted molar refractivity (Wildman–Crippen MR) is 195 cm³/mol. The number of benzene rings is 3. The molecule has 0 aliphatic heterocycles. The lowest BCUT2D eigenvalue weighted by Crippen LogP contribution is -2.47. The van der Waals surface area contributed by atoms with Crippen molar-refractivity contribution in [2.75, 3.05) is 7.11 Å². The number of carboxylic acid groups (broad SMARTS) is 1. The summed E-state index contributed by atoms with van der Waals surface area (Å²) in [4.78, 5) is 64.6. The van der Waals surface area contributed by atoms with Gasteiger partial charge in [-0.1, -0.05) is 18.5 Å². The second-order valence-corrected chi connectivity index (χ2v) is 13.3. The first-order valence-corrected chi connectivity index (χ1v) is 16.9. The topological polar surface area (TPSA) is 183 Å². The fraction of sp³-hybridized carbons (Fsp3) is 0.325. The molecule has 0 heterocycles. The van der Waals surface area contributed by atoms with E-state index in [4.69, 9.17) is 30.5 Å². The van der Waals surface area contributed by atoms with Crippen molar-refractivity contribution in [1.82, 2.24) is 0 Å². The molecule has 1 atom stereocenters. The van der Waals surface area contributed by atoms with Crippen molar-refractivity contribution in [3.8, 4) is 23.0 Å². The number of aliphatic hydroxyl groups is 1. The number of halogens is 1. The zero-order chi connectivity index (χ0) is 40.0. The molecule has 0 fully saturated rings. The van der Waals surface area contributed by atoms with Crippen LogP contribution in [0.4, 0.5) is 0 Å². The van der Waals surface area contributed by atoms with Crippen LogP contribution in [-0.4, -0.2) is 57.7 Å². The summed E-state index contributed by atoms with van der Waals surface area (Å²) in [6.07, 6.45) is 2.42. The maximum Gasteiger partial charge on any atom is 0.356 e. The number of aromatic hydroxyl groups is 1. The fourth-order valence-electron chi connectivity index (χ4n) is 6.54. The van der Waals surface area contributed by atoms with Crippen molar-refractivity contribution in [1.29, 1.82) is 0 Å². The number of carboxylic acids is 1. The Hall–Kier alpha value is -5.46. The van der Waals surface area contributed by atoms with Crippen LogP contribution in [0.2, 0.25) is 5.02 Å². The van der Waals surface area contributed by atoms with Crippen LogP contribution in [0.5, 0.6) is 23.0 Å². The van der Waals surface area contributed by atoms with Crippen molar-refractivity contribution in [2.24, 2.45) is 0 Å². The number of aromatic carboxylic acids is 1. The van der Waals surface area contributed by atoms with Crippen LogP contribution < -0.4 is 14.2 Å². The largest absolute Gasteiger partial charge is 0.505 e. The molecule has 0 radical (unpaired) electrons. The van der Waals surface area contributed by atoms with E-state index in [1.54, 1.807) is 41.5 Å². The van der Waals surface area contributed by atoms with Gasteiger partial charge in [0.25, 0.3) is 0 Å². The van der Waals surface area contributed by atoms with Crippen LogP contribution in [0.1, 0.15) is 95.0 Å². The van der Waals surface area contributed by atoms with Crippen LogP contribution in [0, 0.1) is 55.4 Å². The summed E-state index contributed by atoms with van der Waals surface area (Å²) in [6, 6.07) is 1.48. The first-order valence-electron chi connectivity index (χ1n) is 16.5. The smallest absolute Gasteiger partial charge is 0.356 e. The Morgan fingerprint density at radius 2 is 1.28 bits per heavy atom. The number of hydrogen-bond donors (Lipinski definition) is 3. The van der Waals surface area contributed by atoms with Gasteiger partial charge in [-0.05, 0) is 137 Å². The number of methoxy groups -OCH3 is 1. The molecule has 3 aromatic carbocycles. The van der Waals surface area contributed by atoms with Crippen molar-refractivity contribution < 1.29 is 58.2 Å². The Labute approximate surface area is 311 Å². The lowest BCUT2D eigenvalue weighted by atomic mass is 9.87. The normalized spacial score (nSPS) is 15.4. The van der Waals surface area contributed by atoms with E-state index in [1.165, 1.54) is 33.9 Å². The summed E-state index contributed by atoms with van der Waals surface area (Å²) in [5.74, 6) is -5.60. The SMILES string of the molecule is CCc1c(C)c(C(=O)O)c(C)c(C)c1OC(=O)c1c(C)cc(OC(=O)c2c(C)c(C)c(OC(=O)[C@@]3(O)C(C)=CC(=O)C=C3OC)c(Cl)c2O)c(C)c1C. The number of rotatable bonds is 9. The van der Waals surface area contributed by atoms with Crippen molar-refractivity contribution >= 4 is 41.3 Å². The molecule has 0 saturated carbocycles. The molecule has 0 spiro atoms. The van der Waals surface area contributed by atoms with Gasteiger partial charge >= 0.3 is 23.9 Å². The molecule has 3 aromatic rings. The van der Waals surface area contributed by atoms with Crippen LogP contribution >= 0.6 is 11.6 Å². The summed E-state index contributed by atoms with van der Waals surface area (Å²) in [5.41, 5.74) is 1.30. The molecule has 280 valence electrons. The van der Waals surface area contributed by atoms with Crippen LogP contribution in [0.25, 0.3) is 0 Å². The zero-order valence-corrected chi connectivity index (χ0v) is 32.1. The van der Waals surface area contributed by atoms with Crippen molar-refractivity contribution in [2.45, 2.75) is 81.3 Å². The Morgan fingerprint density at radius 3 is 1.85 bits per heavy atom. The summed E-state index contributed by atoms with van der Waals surface area (Å²) in [5, 5.41) is 31.6. The molecule has 0 aromatic heterocycles. The minimum atomic E-state index is -2.47. The Bertz CT molecular complexity index is 2180. The number of allylic oxidation sites excluding steroid dienone is 2. The Kier molecular flexibility index (Phi) is 11.3.